The van der Waals surface area contributed by atoms with Gasteiger partial charge in [0.1, 0.15) is 0 Å². The summed E-state index contributed by atoms with van der Waals surface area (Å²) >= 11 is 0. The van der Waals surface area contributed by atoms with Crippen molar-refractivity contribution in [3.8, 4) is 11.1 Å². The molecule has 0 saturated heterocycles. The van der Waals surface area contributed by atoms with E-state index in [0.29, 0.717) is 5.57 Å². The van der Waals surface area contributed by atoms with Gasteiger partial charge in [0.25, 0.3) is 0 Å². The van der Waals surface area contributed by atoms with Crippen molar-refractivity contribution < 1.29 is 9.90 Å². The number of rotatable bonds is 3. The number of aliphatic carboxylic acids is 1. The molecule has 0 spiro atoms. The van der Waals surface area contributed by atoms with Crippen LogP contribution in [0, 0.1) is 0 Å². The van der Waals surface area contributed by atoms with E-state index in [1.54, 1.807) is 13.0 Å². The molecule has 0 amide bonds. The van der Waals surface area contributed by atoms with Crippen LogP contribution in [0.15, 0.2) is 72.3 Å². The summed E-state index contributed by atoms with van der Waals surface area (Å²) < 4.78 is 0. The topological polar surface area (TPSA) is 37.3 Å². The van der Waals surface area contributed by atoms with E-state index in [-0.39, 0.29) is 0 Å². The summed E-state index contributed by atoms with van der Waals surface area (Å²) in [5.74, 6) is -0.827. The molecule has 0 aliphatic carbocycles. The van der Waals surface area contributed by atoms with Gasteiger partial charge in [-0.3, -0.25) is 0 Å². The van der Waals surface area contributed by atoms with Gasteiger partial charge < -0.3 is 5.11 Å². The molecule has 0 saturated carbocycles. The molecule has 0 aliphatic heterocycles. The number of hydrogen-bond acceptors (Lipinski definition) is 1. The molecule has 104 valence electrons. The summed E-state index contributed by atoms with van der Waals surface area (Å²) in [6.07, 6.45) is 2.47. The highest BCUT2D eigenvalue weighted by molar-refractivity contribution is 5.85. The van der Waals surface area contributed by atoms with E-state index < -0.39 is 5.97 Å². The van der Waals surface area contributed by atoms with E-state index >= 15 is 0 Å². The van der Waals surface area contributed by atoms with Crippen LogP contribution in [0.3, 0.4) is 0 Å². The van der Waals surface area contributed by atoms with Gasteiger partial charge in [-0.2, -0.15) is 0 Å². The summed E-state index contributed by atoms with van der Waals surface area (Å²) in [7, 11) is 0. The Morgan fingerprint density at radius 3 is 1.60 bits per heavy atom. The van der Waals surface area contributed by atoms with Crippen LogP contribution in [-0.4, -0.2) is 11.1 Å². The zero-order valence-corrected chi connectivity index (χ0v) is 11.9. The average molecular weight is 268 g/mol. The van der Waals surface area contributed by atoms with Gasteiger partial charge in [-0.15, -0.1) is 0 Å². The first kappa shape index (κ1) is 15.7. The highest BCUT2D eigenvalue weighted by Gasteiger charge is 1.95. The predicted octanol–water partition coefficient (Wildman–Crippen LogP) is 4.78. The molecule has 2 rings (SSSR count). The molecular formula is C18H20O2. The van der Waals surface area contributed by atoms with Gasteiger partial charge in [0, 0.05) is 5.57 Å². The molecule has 1 N–H and O–H groups in total. The van der Waals surface area contributed by atoms with Crippen LogP contribution in [0.5, 0.6) is 0 Å². The van der Waals surface area contributed by atoms with Crippen molar-refractivity contribution in [2.75, 3.05) is 0 Å². The normalized spacial score (nSPS) is 10.4. The Kier molecular flexibility index (Phi) is 6.83. The van der Waals surface area contributed by atoms with E-state index in [1.165, 1.54) is 11.1 Å². The Bertz CT molecular complexity index is 505. The maximum absolute atomic E-state index is 10.0. The van der Waals surface area contributed by atoms with Crippen molar-refractivity contribution in [1.29, 1.82) is 0 Å². The molecule has 0 aliphatic rings. The summed E-state index contributed by atoms with van der Waals surface area (Å²) in [4.78, 5) is 10.0. The summed E-state index contributed by atoms with van der Waals surface area (Å²) in [5.41, 5.74) is 2.98. The fraction of sp³-hybridized carbons (Fsp3) is 0.167. The molecule has 20 heavy (non-hydrogen) atoms. The fourth-order valence-corrected chi connectivity index (χ4v) is 1.65. The Hall–Kier alpha value is -2.35. The third-order valence-corrected chi connectivity index (χ3v) is 2.73. The van der Waals surface area contributed by atoms with E-state index in [9.17, 15) is 4.79 Å². The van der Waals surface area contributed by atoms with Gasteiger partial charge in [0.15, 0.2) is 0 Å². The van der Waals surface area contributed by atoms with E-state index in [2.05, 4.69) is 48.5 Å². The highest BCUT2D eigenvalue weighted by Crippen LogP contribution is 2.17. The molecule has 0 bridgehead atoms. The van der Waals surface area contributed by atoms with Crippen LogP contribution in [-0.2, 0) is 4.79 Å². The second-order valence-corrected chi connectivity index (χ2v) is 4.33. The lowest BCUT2D eigenvalue weighted by Gasteiger charge is -1.98. The second-order valence-electron chi connectivity index (χ2n) is 4.33. The molecule has 2 aromatic rings. The highest BCUT2D eigenvalue weighted by atomic mass is 16.4. The number of carbonyl (C=O) groups is 1. The standard InChI is InChI=1S/C12H10.C6H10O2/c1-3-7-11(8-4-1)12-9-5-2-6-10-12;1-3-4-5(2)6(7)8/h1-10H;4H,3H2,1-2H3,(H,7,8). The monoisotopic (exact) mass is 268 g/mol. The summed E-state index contributed by atoms with van der Waals surface area (Å²) in [5, 5.41) is 8.24. The van der Waals surface area contributed by atoms with Crippen LogP contribution < -0.4 is 0 Å². The van der Waals surface area contributed by atoms with Crippen LogP contribution in [0.2, 0.25) is 0 Å². The number of carboxylic acids is 1. The van der Waals surface area contributed by atoms with Crippen LogP contribution in [0.25, 0.3) is 11.1 Å². The van der Waals surface area contributed by atoms with Gasteiger partial charge in [0.05, 0.1) is 0 Å². The van der Waals surface area contributed by atoms with Gasteiger partial charge in [-0.25, -0.2) is 4.79 Å². The molecule has 2 nitrogen and oxygen atoms in total. The molecule has 0 fully saturated rings. The zero-order chi connectivity index (χ0) is 14.8. The van der Waals surface area contributed by atoms with Gasteiger partial charge >= 0.3 is 5.97 Å². The van der Waals surface area contributed by atoms with Crippen LogP contribution in [0.1, 0.15) is 20.3 Å². The van der Waals surface area contributed by atoms with Crippen molar-refractivity contribution in [1.82, 2.24) is 0 Å². The van der Waals surface area contributed by atoms with Crippen LogP contribution >= 0.6 is 0 Å². The van der Waals surface area contributed by atoms with Crippen LogP contribution in [0.4, 0.5) is 0 Å². The number of allylic oxidation sites excluding steroid dienone is 1. The first-order valence-corrected chi connectivity index (χ1v) is 6.65. The lowest BCUT2D eigenvalue weighted by Crippen LogP contribution is -1.94. The minimum Gasteiger partial charge on any atom is -0.478 e. The van der Waals surface area contributed by atoms with E-state index in [4.69, 9.17) is 5.11 Å². The van der Waals surface area contributed by atoms with Crippen molar-refractivity contribution in [2.45, 2.75) is 20.3 Å². The third-order valence-electron chi connectivity index (χ3n) is 2.73. The summed E-state index contributed by atoms with van der Waals surface area (Å²) in [6, 6.07) is 20.8. The Balaban J connectivity index is 0.000000221. The fourth-order valence-electron chi connectivity index (χ4n) is 1.65. The van der Waals surface area contributed by atoms with Gasteiger partial charge in [0.2, 0.25) is 0 Å². The van der Waals surface area contributed by atoms with Gasteiger partial charge in [-0.1, -0.05) is 73.7 Å². The molecule has 0 radical (unpaired) electrons. The molecule has 0 aromatic heterocycles. The summed E-state index contributed by atoms with van der Waals surface area (Å²) in [6.45, 7) is 3.50. The number of hydrogen-bond donors (Lipinski definition) is 1. The molecule has 0 atom stereocenters. The molecule has 0 unspecified atom stereocenters. The van der Waals surface area contributed by atoms with Crippen molar-refractivity contribution in [3.63, 3.8) is 0 Å². The Morgan fingerprint density at radius 2 is 1.35 bits per heavy atom. The smallest absolute Gasteiger partial charge is 0.330 e. The maximum Gasteiger partial charge on any atom is 0.330 e. The first-order chi connectivity index (χ1) is 9.65. The second kappa shape index (κ2) is 8.70. The average Bonchev–Trinajstić information content (AvgIpc) is 2.50. The van der Waals surface area contributed by atoms with Crippen molar-refractivity contribution in [2.24, 2.45) is 0 Å². The van der Waals surface area contributed by atoms with Crippen molar-refractivity contribution >= 4 is 5.97 Å². The zero-order valence-electron chi connectivity index (χ0n) is 11.9. The number of carboxylic acid groups (broad SMARTS) is 1. The largest absolute Gasteiger partial charge is 0.478 e. The third kappa shape index (κ3) is 5.53. The van der Waals surface area contributed by atoms with E-state index in [1.807, 2.05) is 19.1 Å². The minimum atomic E-state index is -0.827. The minimum absolute atomic E-state index is 0.424. The van der Waals surface area contributed by atoms with Crippen molar-refractivity contribution in [3.05, 3.63) is 72.3 Å². The Morgan fingerprint density at radius 1 is 0.950 bits per heavy atom. The lowest BCUT2D eigenvalue weighted by molar-refractivity contribution is -0.132. The SMILES string of the molecule is CCC=C(C)C(=O)O.c1ccc(-c2ccccc2)cc1. The molecule has 2 aromatic carbocycles. The molecular weight excluding hydrogens is 248 g/mol. The first-order valence-electron chi connectivity index (χ1n) is 6.65. The molecule has 0 heterocycles. The van der Waals surface area contributed by atoms with E-state index in [0.717, 1.165) is 6.42 Å². The predicted molar refractivity (Wildman–Crippen MR) is 83.6 cm³/mol. The Labute approximate surface area is 120 Å². The lowest BCUT2D eigenvalue weighted by atomic mass is 10.1. The van der Waals surface area contributed by atoms with Gasteiger partial charge in [-0.05, 0) is 24.5 Å². The molecule has 2 heteroatoms. The quantitative estimate of drug-likeness (QED) is 0.813. The number of benzene rings is 2. The maximum atomic E-state index is 10.0.